The average molecular weight is 387 g/mol. The fourth-order valence-electron chi connectivity index (χ4n) is 4.46. The van der Waals surface area contributed by atoms with Gasteiger partial charge in [0.2, 0.25) is 0 Å². The van der Waals surface area contributed by atoms with Crippen LogP contribution in [0, 0.1) is 0 Å². The van der Waals surface area contributed by atoms with Crippen LogP contribution in [0.4, 0.5) is 0 Å². The zero-order valence-corrected chi connectivity index (χ0v) is 17.6. The fourth-order valence-corrected chi connectivity index (χ4v) is 4.46. The standard InChI is InChI=1S/C26H30N2O/c1-5-16-26(24-27-25(2,3)19-29-24)17-15-23(21-13-9-10-14-22(21)26)28(4)18-20-11-7-6-8-12-20/h5-15,17,23H,1,16,18-19H2,2-4H3/t23-,26+/m1/s1. The Kier molecular flexibility index (Phi) is 5.18. The van der Waals surface area contributed by atoms with E-state index in [2.05, 4.69) is 99.1 Å². The molecule has 0 amide bonds. The predicted octanol–water partition coefficient (Wildman–Crippen LogP) is 5.45. The van der Waals surface area contributed by atoms with Gasteiger partial charge in [-0.05, 0) is 44.0 Å². The van der Waals surface area contributed by atoms with Gasteiger partial charge in [0.1, 0.15) is 6.61 Å². The van der Waals surface area contributed by atoms with Crippen molar-refractivity contribution in [1.82, 2.24) is 4.90 Å². The number of nitrogens with zero attached hydrogens (tertiary/aromatic N) is 2. The molecule has 2 aliphatic rings. The normalized spacial score (nSPS) is 24.7. The highest BCUT2D eigenvalue weighted by atomic mass is 16.5. The van der Waals surface area contributed by atoms with Gasteiger partial charge in [-0.3, -0.25) is 4.90 Å². The first kappa shape index (κ1) is 19.7. The van der Waals surface area contributed by atoms with Crippen molar-refractivity contribution in [3.8, 4) is 0 Å². The molecule has 3 heteroatoms. The Bertz CT molecular complexity index is 944. The van der Waals surface area contributed by atoms with Crippen molar-refractivity contribution in [2.45, 2.75) is 43.8 Å². The molecular formula is C26H30N2O. The smallest absolute Gasteiger partial charge is 0.199 e. The van der Waals surface area contributed by atoms with Crippen molar-refractivity contribution in [2.75, 3.05) is 13.7 Å². The molecule has 1 heterocycles. The summed E-state index contributed by atoms with van der Waals surface area (Å²) in [5, 5.41) is 0. The maximum atomic E-state index is 6.15. The van der Waals surface area contributed by atoms with Crippen LogP contribution in [0.3, 0.4) is 0 Å². The summed E-state index contributed by atoms with van der Waals surface area (Å²) in [4.78, 5) is 7.35. The van der Waals surface area contributed by atoms with Crippen LogP contribution in [-0.4, -0.2) is 30.0 Å². The maximum Gasteiger partial charge on any atom is 0.199 e. The van der Waals surface area contributed by atoms with Gasteiger partial charge in [-0.1, -0.05) is 72.8 Å². The predicted molar refractivity (Wildman–Crippen MR) is 120 cm³/mol. The van der Waals surface area contributed by atoms with E-state index < -0.39 is 0 Å². The summed E-state index contributed by atoms with van der Waals surface area (Å²) in [6.07, 6.45) is 7.35. The summed E-state index contributed by atoms with van der Waals surface area (Å²) in [7, 11) is 2.19. The van der Waals surface area contributed by atoms with Crippen molar-refractivity contribution in [2.24, 2.45) is 4.99 Å². The molecule has 2 aromatic rings. The molecule has 0 spiro atoms. The topological polar surface area (TPSA) is 24.8 Å². The third-order valence-electron chi connectivity index (χ3n) is 5.89. The monoisotopic (exact) mass is 386 g/mol. The first-order chi connectivity index (χ1) is 14.0. The van der Waals surface area contributed by atoms with Gasteiger partial charge in [-0.2, -0.15) is 0 Å². The minimum absolute atomic E-state index is 0.187. The second-order valence-corrected chi connectivity index (χ2v) is 8.77. The molecule has 1 aliphatic heterocycles. The largest absolute Gasteiger partial charge is 0.478 e. The Morgan fingerprint density at radius 2 is 1.86 bits per heavy atom. The molecule has 0 fully saturated rings. The highest BCUT2D eigenvalue weighted by Gasteiger charge is 2.45. The maximum absolute atomic E-state index is 6.15. The van der Waals surface area contributed by atoms with Crippen LogP contribution < -0.4 is 0 Å². The molecule has 1 aliphatic carbocycles. The second kappa shape index (κ2) is 7.64. The van der Waals surface area contributed by atoms with Gasteiger partial charge in [-0.25, -0.2) is 4.99 Å². The molecule has 29 heavy (non-hydrogen) atoms. The minimum Gasteiger partial charge on any atom is -0.478 e. The summed E-state index contributed by atoms with van der Waals surface area (Å²) < 4.78 is 6.15. The number of allylic oxidation sites excluding steroid dienone is 1. The van der Waals surface area contributed by atoms with Gasteiger partial charge >= 0.3 is 0 Å². The first-order valence-corrected chi connectivity index (χ1v) is 10.3. The number of rotatable bonds is 6. The number of likely N-dealkylation sites (N-methyl/N-ethyl adjacent to an activating group) is 1. The Labute approximate surface area is 174 Å². The highest BCUT2D eigenvalue weighted by molar-refractivity contribution is 5.93. The van der Waals surface area contributed by atoms with E-state index in [9.17, 15) is 0 Å². The second-order valence-electron chi connectivity index (χ2n) is 8.77. The molecule has 150 valence electrons. The molecule has 0 aromatic heterocycles. The van der Waals surface area contributed by atoms with E-state index in [1.807, 2.05) is 6.08 Å². The van der Waals surface area contributed by atoms with Crippen LogP contribution in [0.2, 0.25) is 0 Å². The third kappa shape index (κ3) is 3.67. The number of hydrogen-bond donors (Lipinski definition) is 0. The molecule has 0 unspecified atom stereocenters. The van der Waals surface area contributed by atoms with Gasteiger partial charge in [0.05, 0.1) is 17.0 Å². The van der Waals surface area contributed by atoms with Crippen LogP contribution in [0.5, 0.6) is 0 Å². The minimum atomic E-state index is -0.379. The van der Waals surface area contributed by atoms with Crippen molar-refractivity contribution < 1.29 is 4.74 Å². The Hall–Kier alpha value is -2.65. The zero-order chi connectivity index (χ0) is 20.5. The first-order valence-electron chi connectivity index (χ1n) is 10.3. The van der Waals surface area contributed by atoms with Gasteiger partial charge < -0.3 is 4.74 Å². The van der Waals surface area contributed by atoms with E-state index in [1.165, 1.54) is 16.7 Å². The molecule has 0 N–H and O–H groups in total. The SMILES string of the molecule is C=CC[C@]1(C2=NC(C)(C)CO2)C=C[C@@H](N(C)Cc2ccccc2)c2ccccc21. The van der Waals surface area contributed by atoms with E-state index in [0.29, 0.717) is 6.61 Å². The molecular weight excluding hydrogens is 356 g/mol. The summed E-state index contributed by atoms with van der Waals surface area (Å²) in [6, 6.07) is 19.5. The Balaban J connectivity index is 1.74. The van der Waals surface area contributed by atoms with Crippen LogP contribution in [0.25, 0.3) is 0 Å². The van der Waals surface area contributed by atoms with Crippen LogP contribution in [0.1, 0.15) is 43.0 Å². The molecule has 0 saturated carbocycles. The molecule has 0 bridgehead atoms. The van der Waals surface area contributed by atoms with E-state index in [1.54, 1.807) is 0 Å². The molecule has 0 saturated heterocycles. The quantitative estimate of drug-likeness (QED) is 0.617. The molecule has 0 radical (unpaired) electrons. The van der Waals surface area contributed by atoms with Crippen LogP contribution in [-0.2, 0) is 16.7 Å². The van der Waals surface area contributed by atoms with Gasteiger partial charge in [-0.15, -0.1) is 6.58 Å². The van der Waals surface area contributed by atoms with E-state index in [0.717, 1.165) is 18.9 Å². The highest BCUT2D eigenvalue weighted by Crippen LogP contribution is 2.44. The van der Waals surface area contributed by atoms with E-state index in [4.69, 9.17) is 9.73 Å². The number of ether oxygens (including phenoxy) is 1. The average Bonchev–Trinajstić information content (AvgIpc) is 3.09. The summed E-state index contributed by atoms with van der Waals surface area (Å²) in [5.74, 6) is 0.815. The van der Waals surface area contributed by atoms with Gasteiger partial charge in [0.25, 0.3) is 0 Å². The third-order valence-corrected chi connectivity index (χ3v) is 5.89. The number of aliphatic imine (C=N–C) groups is 1. The zero-order valence-electron chi connectivity index (χ0n) is 17.6. The van der Waals surface area contributed by atoms with Gasteiger partial charge in [0, 0.05) is 6.54 Å². The van der Waals surface area contributed by atoms with Crippen LogP contribution in [0.15, 0.2) is 84.4 Å². The fraction of sp³-hybridized carbons (Fsp3) is 0.346. The summed E-state index contributed by atoms with van der Waals surface area (Å²) >= 11 is 0. The van der Waals surface area contributed by atoms with Crippen molar-refractivity contribution >= 4 is 5.90 Å². The molecule has 2 aromatic carbocycles. The number of hydrogen-bond acceptors (Lipinski definition) is 3. The lowest BCUT2D eigenvalue weighted by molar-refractivity contribution is 0.256. The van der Waals surface area contributed by atoms with Crippen molar-refractivity contribution in [3.05, 3.63) is 96.1 Å². The Morgan fingerprint density at radius 3 is 2.55 bits per heavy atom. The van der Waals surface area contributed by atoms with E-state index >= 15 is 0 Å². The molecule has 3 nitrogen and oxygen atoms in total. The Morgan fingerprint density at radius 1 is 1.14 bits per heavy atom. The number of benzene rings is 2. The van der Waals surface area contributed by atoms with Crippen molar-refractivity contribution in [1.29, 1.82) is 0 Å². The molecule has 4 rings (SSSR count). The van der Waals surface area contributed by atoms with Crippen LogP contribution >= 0.6 is 0 Å². The summed E-state index contributed by atoms with van der Waals surface area (Å²) in [5.41, 5.74) is 3.33. The lowest BCUT2D eigenvalue weighted by Gasteiger charge is -2.39. The van der Waals surface area contributed by atoms with Gasteiger partial charge in [0.15, 0.2) is 5.90 Å². The van der Waals surface area contributed by atoms with E-state index in [-0.39, 0.29) is 17.0 Å². The molecule has 2 atom stereocenters. The van der Waals surface area contributed by atoms with Crippen molar-refractivity contribution in [3.63, 3.8) is 0 Å². The summed E-state index contributed by atoms with van der Waals surface area (Å²) in [6.45, 7) is 9.79. The lowest BCUT2D eigenvalue weighted by atomic mass is 9.70. The lowest BCUT2D eigenvalue weighted by Crippen LogP contribution is -2.39. The number of fused-ring (bicyclic) bond motifs is 1.